The molecule has 2 unspecified atom stereocenters. The number of benzene rings is 3. The number of thioether (sulfide) groups is 2. The maximum Gasteiger partial charge on any atom is 0.406 e. The van der Waals surface area contributed by atoms with Crippen molar-refractivity contribution in [1.29, 1.82) is 0 Å². The van der Waals surface area contributed by atoms with E-state index in [1.807, 2.05) is 155 Å². The normalized spacial score (nSPS) is 19.1. The molecule has 0 fully saturated rings. The fourth-order valence-corrected chi connectivity index (χ4v) is 17.9. The van der Waals surface area contributed by atoms with Crippen LogP contribution in [0.1, 0.15) is 95.6 Å². The number of carbonyl (C=O) groups excluding carboxylic acids is 4. The van der Waals surface area contributed by atoms with Crippen molar-refractivity contribution in [2.75, 3.05) is 89.2 Å². The SMILES string of the molecule is COC(=O)[C@H](C)NP(=O)(OCCSC(=O)C(C)(C)CO)OC[C@@H]1C=C[C@H](n2cnc3c(Cl)nc(N)nc32)C1.COC(=O)[C@H](C)NP(=O)(OCCSC(=O)C(C)(C)COC(c1ccccc1)(c1ccccc1)c1ccccc1)OC[C@@H]1C=C[C@H](n2cnc3c(Cl)nc(N)nc32)C1.Nc1nc(Cl)c2ncn([C@H]3C=C[C@@H](CO)C3)c2n1. The van der Waals surface area contributed by atoms with Gasteiger partial charge < -0.3 is 55.3 Å². The van der Waals surface area contributed by atoms with Gasteiger partial charge in [0.25, 0.3) is 0 Å². The smallest absolute Gasteiger partial charge is 0.406 e. The van der Waals surface area contributed by atoms with Crippen LogP contribution in [0.5, 0.6) is 0 Å². The molecule has 10 atom stereocenters. The Morgan fingerprint density at radius 2 is 0.858 bits per heavy atom. The molecule has 3 aromatic carbocycles. The molecule has 0 aliphatic heterocycles. The average molecular weight is 1690 g/mol. The van der Waals surface area contributed by atoms with Gasteiger partial charge >= 0.3 is 27.4 Å². The van der Waals surface area contributed by atoms with Gasteiger partial charge in [0, 0.05) is 35.9 Å². The van der Waals surface area contributed by atoms with Crippen LogP contribution in [0, 0.1) is 28.6 Å². The molecule has 0 bridgehead atoms. The number of aromatic nitrogens is 12. The van der Waals surface area contributed by atoms with Gasteiger partial charge in [-0.15, -0.1) is 0 Å². The third-order valence-electron chi connectivity index (χ3n) is 18.5. The number of nitrogens with two attached hydrogens (primary N) is 3. The number of esters is 2. The number of imidazole rings is 3. The number of aliphatic hydroxyl groups excluding tert-OH is 2. The molecule has 0 saturated heterocycles. The highest BCUT2D eigenvalue weighted by molar-refractivity contribution is 8.14. The van der Waals surface area contributed by atoms with Gasteiger partial charge in [0.1, 0.15) is 34.2 Å². The van der Waals surface area contributed by atoms with Crippen molar-refractivity contribution in [2.24, 2.45) is 28.6 Å². The summed E-state index contributed by atoms with van der Waals surface area (Å²) >= 11 is 20.3. The zero-order valence-electron chi connectivity index (χ0n) is 63.1. The molecule has 39 heteroatoms. The maximum atomic E-state index is 14.1. The Morgan fingerprint density at radius 3 is 1.19 bits per heavy atom. The van der Waals surface area contributed by atoms with E-state index < -0.39 is 55.9 Å². The maximum absolute atomic E-state index is 14.1. The van der Waals surface area contributed by atoms with Crippen LogP contribution in [0.4, 0.5) is 17.8 Å². The number of ether oxygens (including phenoxy) is 3. The lowest BCUT2D eigenvalue weighted by molar-refractivity contribution is -0.143. The number of fused-ring (bicyclic) bond motifs is 3. The molecule has 0 radical (unpaired) electrons. The van der Waals surface area contributed by atoms with Crippen molar-refractivity contribution in [1.82, 2.24) is 68.7 Å². The van der Waals surface area contributed by atoms with Crippen molar-refractivity contribution in [3.63, 3.8) is 0 Å². The van der Waals surface area contributed by atoms with E-state index in [0.717, 1.165) is 46.6 Å². The summed E-state index contributed by atoms with van der Waals surface area (Å²) in [5.41, 5.74) is 20.2. The number of hydrogen-bond donors (Lipinski definition) is 7. The number of aliphatic hydroxyl groups is 2. The lowest BCUT2D eigenvalue weighted by Crippen LogP contribution is -2.38. The third-order valence-corrected chi connectivity index (χ3v) is 25.1. The quantitative estimate of drug-likeness (QED) is 0.00501. The number of hydrogen-bond acceptors (Lipinski definition) is 29. The van der Waals surface area contributed by atoms with Crippen LogP contribution in [-0.2, 0) is 66.2 Å². The van der Waals surface area contributed by atoms with Gasteiger partial charge in [-0.2, -0.15) is 29.9 Å². The fourth-order valence-electron chi connectivity index (χ4n) is 12.4. The highest BCUT2D eigenvalue weighted by atomic mass is 35.5. The lowest BCUT2D eigenvalue weighted by atomic mass is 9.79. The third kappa shape index (κ3) is 21.9. The standard InChI is InChI=1S/C41H46ClN6O7PS.C22H32ClN6O7PS.C11H12ClN5O/c1-28(37(49)52-4)47-56(51,55-25-29-20-21-33(24-29)48-27-44-34-35(42)45-39(43)46-36(34)48)54-22-23-57-38(50)40(2,3)26-53-41(30-14-8-5-9-15-30,31-16-10-6-11-17-31)32-18-12-7-13-19-32;1-13(19(31)34-4)28-37(33,35-7-8-38-20(32)22(2,3)11-30)36-10-14-5-6-15(9-14)29-12-25-16-17(23)26-21(24)27-18(16)29;12-9-8-10(16-11(13)15-9)17(5-14-8)7-2-1-6(3-7)4-18/h5-21,27-29,33H,22-26H2,1-4H3,(H,47,51)(H2,43,45,46);5-6,12-15,30H,7-11H2,1-4H3,(H,28,33)(H2,24,26,27);1-2,5-7,18H,3-4H2,(H2,13,15,16)/t28-,29+,33-,56?;13-,14+,15-,37?;6-,7+/m001/s1. The zero-order chi connectivity index (χ0) is 81.4. The van der Waals surface area contributed by atoms with E-state index in [1.165, 1.54) is 28.1 Å². The Hall–Kier alpha value is -8.12. The molecule has 6 heterocycles. The summed E-state index contributed by atoms with van der Waals surface area (Å²) in [4.78, 5) is 87.5. The minimum absolute atomic E-state index is 0.0120. The summed E-state index contributed by atoms with van der Waals surface area (Å²) in [6.07, 6.45) is 18.7. The van der Waals surface area contributed by atoms with Gasteiger partial charge in [-0.3, -0.25) is 37.3 Å². The molecule has 604 valence electrons. The molecule has 3 aliphatic rings. The Morgan fingerprint density at radius 1 is 0.522 bits per heavy atom. The van der Waals surface area contributed by atoms with Crippen molar-refractivity contribution in [3.8, 4) is 0 Å². The first-order chi connectivity index (χ1) is 53.9. The molecule has 113 heavy (non-hydrogen) atoms. The average Bonchev–Trinajstić information content (AvgIpc) is 1.74. The summed E-state index contributed by atoms with van der Waals surface area (Å²) in [7, 11) is -5.59. The molecule has 12 rings (SSSR count). The predicted molar refractivity (Wildman–Crippen MR) is 433 cm³/mol. The number of methoxy groups -OCH3 is 2. The molecule has 9 aromatic rings. The highest BCUT2D eigenvalue weighted by Crippen LogP contribution is 2.49. The number of nitrogens with one attached hydrogen (secondary N) is 2. The van der Waals surface area contributed by atoms with Crippen molar-refractivity contribution < 1.29 is 70.8 Å². The van der Waals surface area contributed by atoms with Gasteiger partial charge in [0.15, 0.2) is 42.6 Å². The number of anilines is 3. The number of rotatable bonds is 33. The van der Waals surface area contributed by atoms with Crippen molar-refractivity contribution in [2.45, 2.75) is 96.6 Å². The van der Waals surface area contributed by atoms with Crippen molar-refractivity contribution >= 4 is 147 Å². The minimum atomic E-state index is -4.07. The minimum Gasteiger partial charge on any atom is -0.468 e. The van der Waals surface area contributed by atoms with Crippen LogP contribution in [0.15, 0.2) is 146 Å². The van der Waals surface area contributed by atoms with Gasteiger partial charge in [0.2, 0.25) is 17.8 Å². The van der Waals surface area contributed by atoms with Gasteiger partial charge in [0.05, 0.1) is 102 Å². The summed E-state index contributed by atoms with van der Waals surface area (Å²) in [6.45, 7) is 9.69. The molecule has 3 aliphatic carbocycles. The number of nitrogen functional groups attached to an aromatic ring is 3. The van der Waals surface area contributed by atoms with E-state index in [1.54, 1.807) is 32.8 Å². The second-order valence-electron chi connectivity index (χ2n) is 27.9. The van der Waals surface area contributed by atoms with E-state index in [2.05, 4.69) is 55.0 Å². The van der Waals surface area contributed by atoms with E-state index in [0.29, 0.717) is 46.3 Å². The Kier molecular flexibility index (Phi) is 30.1. The van der Waals surface area contributed by atoms with Crippen LogP contribution >= 0.6 is 73.8 Å². The number of carbonyl (C=O) groups is 4. The second-order valence-corrected chi connectivity index (χ2v) is 34.6. The topological polar surface area (TPSA) is 440 Å². The van der Waals surface area contributed by atoms with Crippen molar-refractivity contribution in [3.05, 3.63) is 179 Å². The molecule has 6 aromatic heterocycles. The van der Waals surface area contributed by atoms with E-state index in [4.69, 9.17) is 89.4 Å². The lowest BCUT2D eigenvalue weighted by Gasteiger charge is -2.38. The molecular weight excluding hydrogens is 1600 g/mol. The molecular formula is C74H90Cl3N17O15P2S2. The van der Waals surface area contributed by atoms with E-state index in [9.17, 15) is 33.4 Å². The predicted octanol–water partition coefficient (Wildman–Crippen LogP) is 11.7. The summed E-state index contributed by atoms with van der Waals surface area (Å²) in [5, 5.41) is 24.0. The van der Waals surface area contributed by atoms with E-state index >= 15 is 0 Å². The molecule has 0 spiro atoms. The zero-order valence-corrected chi connectivity index (χ0v) is 68.8. The van der Waals surface area contributed by atoms with Crippen LogP contribution < -0.4 is 27.4 Å². The van der Waals surface area contributed by atoms with Gasteiger partial charge in [-0.05, 0) is 77.5 Å². The van der Waals surface area contributed by atoms with Gasteiger partial charge in [-0.1, -0.05) is 186 Å². The molecule has 0 saturated carbocycles. The van der Waals surface area contributed by atoms with Crippen LogP contribution in [0.2, 0.25) is 15.5 Å². The first-order valence-corrected chi connectivity index (χ1v) is 42.0. The Balaban J connectivity index is 0.000000205. The number of allylic oxidation sites excluding steroid dienone is 3. The summed E-state index contributed by atoms with van der Waals surface area (Å²) in [6, 6.07) is 27.8. The summed E-state index contributed by atoms with van der Waals surface area (Å²) < 4.78 is 72.5. The fraction of sp³-hybridized carbons (Fsp3) is 0.419. The summed E-state index contributed by atoms with van der Waals surface area (Å²) in [5.74, 6) is -0.853. The van der Waals surface area contributed by atoms with Crippen LogP contribution in [0.3, 0.4) is 0 Å². The molecule has 0 amide bonds. The number of halogens is 3. The van der Waals surface area contributed by atoms with Crippen LogP contribution in [0.25, 0.3) is 33.5 Å². The molecule has 10 N–H and O–H groups in total. The van der Waals surface area contributed by atoms with E-state index in [-0.39, 0.29) is 137 Å². The highest BCUT2D eigenvalue weighted by Gasteiger charge is 2.42. The Bertz CT molecular complexity index is 4900. The first kappa shape index (κ1) is 87.3. The largest absolute Gasteiger partial charge is 0.468 e. The van der Waals surface area contributed by atoms with Crippen LogP contribution in [-0.4, -0.2) is 175 Å². The number of nitrogens with zero attached hydrogens (tertiary/aromatic N) is 12. The van der Waals surface area contributed by atoms with Gasteiger partial charge in [-0.25, -0.2) is 34.3 Å². The first-order valence-electron chi connectivity index (χ1n) is 35.8. The second kappa shape index (κ2) is 39.0. The molecule has 32 nitrogen and oxygen atoms in total. The Labute approximate surface area is 675 Å². The monoisotopic (exact) mass is 1690 g/mol.